The number of nitrogens with one attached hydrogen (secondary N) is 2. The molecule has 27 heavy (non-hydrogen) atoms. The lowest BCUT2D eigenvalue weighted by molar-refractivity contribution is 0.121. The smallest absolute Gasteiger partial charge is 0.191 e. The first-order valence-corrected chi connectivity index (χ1v) is 9.14. The number of hydrogen-bond donors (Lipinski definition) is 2. The fourth-order valence-corrected chi connectivity index (χ4v) is 2.84. The van der Waals surface area contributed by atoms with Crippen LogP contribution >= 0.6 is 24.0 Å². The molecule has 0 saturated heterocycles. The molecule has 1 aromatic heterocycles. The summed E-state index contributed by atoms with van der Waals surface area (Å²) in [4.78, 5) is 4.33. The first-order chi connectivity index (χ1) is 12.6. The molecule has 0 atom stereocenters. The number of rotatable bonds is 8. The van der Waals surface area contributed by atoms with Gasteiger partial charge in [0.15, 0.2) is 5.96 Å². The van der Waals surface area contributed by atoms with Crippen LogP contribution in [0.25, 0.3) is 0 Å². The van der Waals surface area contributed by atoms with Crippen LogP contribution in [0.5, 0.6) is 0 Å². The monoisotopic (exact) mass is 485 g/mol. The van der Waals surface area contributed by atoms with Crippen LogP contribution in [0, 0.1) is 13.8 Å². The van der Waals surface area contributed by atoms with Gasteiger partial charge in [-0.1, -0.05) is 31.2 Å². The lowest BCUT2D eigenvalue weighted by atomic mass is 10.1. The molecule has 0 bridgehead atoms. The van der Waals surface area contributed by atoms with E-state index in [-0.39, 0.29) is 24.0 Å². The molecule has 2 rings (SSSR count). The Hall–Kier alpha value is -1.61. The van der Waals surface area contributed by atoms with Crippen LogP contribution in [0.3, 0.4) is 0 Å². The number of halogens is 1. The molecule has 0 radical (unpaired) electrons. The van der Waals surface area contributed by atoms with Gasteiger partial charge >= 0.3 is 0 Å². The Morgan fingerprint density at radius 3 is 2.41 bits per heavy atom. The van der Waals surface area contributed by atoms with Gasteiger partial charge in [-0.2, -0.15) is 5.10 Å². The van der Waals surface area contributed by atoms with Gasteiger partial charge in [-0.3, -0.25) is 9.67 Å². The van der Waals surface area contributed by atoms with Crippen molar-refractivity contribution in [2.45, 2.75) is 46.9 Å². The second-order valence-corrected chi connectivity index (χ2v) is 6.37. The average Bonchev–Trinajstić information content (AvgIpc) is 2.88. The topological polar surface area (TPSA) is 63.5 Å². The van der Waals surface area contributed by atoms with Crippen LogP contribution in [-0.2, 0) is 31.5 Å². The Balaban J connectivity index is 0.00000364. The summed E-state index contributed by atoms with van der Waals surface area (Å²) in [5, 5.41) is 11.2. The highest BCUT2D eigenvalue weighted by Crippen LogP contribution is 2.12. The average molecular weight is 485 g/mol. The number of aliphatic imine (C=N–C) groups is 1. The van der Waals surface area contributed by atoms with E-state index in [2.05, 4.69) is 58.8 Å². The Morgan fingerprint density at radius 2 is 1.81 bits per heavy atom. The van der Waals surface area contributed by atoms with E-state index in [1.807, 2.05) is 18.7 Å². The minimum absolute atomic E-state index is 0. The number of guanidine groups is 1. The van der Waals surface area contributed by atoms with E-state index in [0.717, 1.165) is 24.7 Å². The molecule has 1 heterocycles. The van der Waals surface area contributed by atoms with Gasteiger partial charge in [0.2, 0.25) is 0 Å². The first kappa shape index (κ1) is 23.4. The van der Waals surface area contributed by atoms with Crippen molar-refractivity contribution in [2.75, 3.05) is 13.7 Å². The highest BCUT2D eigenvalue weighted by molar-refractivity contribution is 14.0. The quantitative estimate of drug-likeness (QED) is 0.260. The van der Waals surface area contributed by atoms with E-state index in [0.29, 0.717) is 19.7 Å². The standard InChI is InChI=1S/C20H31N5O.HI/c1-6-11-26-14-18-10-8-7-9-17(18)12-22-20(21-4)23-13-19-15(2)24-25(5)16(19)3;/h7-10H,6,11-14H2,1-5H3,(H2,21,22,23);1H. The van der Waals surface area contributed by atoms with Gasteiger partial charge < -0.3 is 15.4 Å². The minimum Gasteiger partial charge on any atom is -0.377 e. The van der Waals surface area contributed by atoms with Gasteiger partial charge in [-0.05, 0) is 31.4 Å². The highest BCUT2D eigenvalue weighted by atomic mass is 127. The molecule has 2 N–H and O–H groups in total. The number of aryl methyl sites for hydroxylation is 2. The third-order valence-corrected chi connectivity index (χ3v) is 4.49. The Bertz CT molecular complexity index is 742. The summed E-state index contributed by atoms with van der Waals surface area (Å²) in [5.41, 5.74) is 5.86. The van der Waals surface area contributed by atoms with Crippen LogP contribution in [-0.4, -0.2) is 29.4 Å². The van der Waals surface area contributed by atoms with Crippen molar-refractivity contribution in [3.63, 3.8) is 0 Å². The summed E-state index contributed by atoms with van der Waals surface area (Å²) < 4.78 is 7.61. The summed E-state index contributed by atoms with van der Waals surface area (Å²) in [6.07, 6.45) is 1.03. The van der Waals surface area contributed by atoms with Crippen molar-refractivity contribution in [2.24, 2.45) is 12.0 Å². The largest absolute Gasteiger partial charge is 0.377 e. The van der Waals surface area contributed by atoms with Crippen LogP contribution in [0.1, 0.15) is 41.4 Å². The molecule has 0 unspecified atom stereocenters. The molecular formula is C20H32IN5O. The van der Waals surface area contributed by atoms with E-state index in [9.17, 15) is 0 Å². The summed E-state index contributed by atoms with van der Waals surface area (Å²) in [6, 6.07) is 8.35. The third-order valence-electron chi connectivity index (χ3n) is 4.49. The molecule has 0 aliphatic carbocycles. The molecule has 0 spiro atoms. The zero-order valence-corrected chi connectivity index (χ0v) is 19.3. The number of nitrogens with zero attached hydrogens (tertiary/aromatic N) is 3. The predicted molar refractivity (Wildman–Crippen MR) is 122 cm³/mol. The van der Waals surface area contributed by atoms with E-state index in [1.165, 1.54) is 22.4 Å². The molecule has 1 aromatic carbocycles. The van der Waals surface area contributed by atoms with Crippen LogP contribution in [0.4, 0.5) is 0 Å². The first-order valence-electron chi connectivity index (χ1n) is 9.14. The maximum atomic E-state index is 5.69. The van der Waals surface area contributed by atoms with Crippen molar-refractivity contribution in [1.29, 1.82) is 0 Å². The van der Waals surface area contributed by atoms with Gasteiger partial charge in [-0.25, -0.2) is 0 Å². The normalized spacial score (nSPS) is 11.2. The fraction of sp³-hybridized carbons (Fsp3) is 0.500. The fourth-order valence-electron chi connectivity index (χ4n) is 2.84. The molecule has 7 heteroatoms. The highest BCUT2D eigenvalue weighted by Gasteiger charge is 2.10. The lowest BCUT2D eigenvalue weighted by Gasteiger charge is -2.14. The molecule has 0 aliphatic rings. The number of aromatic nitrogens is 2. The van der Waals surface area contributed by atoms with Crippen LogP contribution in [0.2, 0.25) is 0 Å². The van der Waals surface area contributed by atoms with Crippen LogP contribution < -0.4 is 10.6 Å². The van der Waals surface area contributed by atoms with Gasteiger partial charge in [0.25, 0.3) is 0 Å². The van der Waals surface area contributed by atoms with Gasteiger partial charge in [0.1, 0.15) is 0 Å². The SMILES string of the molecule is CCCOCc1ccccc1CNC(=NC)NCc1c(C)nn(C)c1C.I. The van der Waals surface area contributed by atoms with Crippen LogP contribution in [0.15, 0.2) is 29.3 Å². The molecule has 0 saturated carbocycles. The zero-order valence-electron chi connectivity index (χ0n) is 17.0. The number of hydrogen-bond acceptors (Lipinski definition) is 3. The number of benzene rings is 1. The van der Waals surface area contributed by atoms with E-state index < -0.39 is 0 Å². The molecule has 0 aliphatic heterocycles. The zero-order chi connectivity index (χ0) is 18.9. The van der Waals surface area contributed by atoms with Crippen molar-refractivity contribution in [3.05, 3.63) is 52.3 Å². The van der Waals surface area contributed by atoms with Crippen molar-refractivity contribution < 1.29 is 4.74 Å². The molecular weight excluding hydrogens is 453 g/mol. The molecule has 0 fully saturated rings. The minimum atomic E-state index is 0. The van der Waals surface area contributed by atoms with Crippen molar-refractivity contribution in [1.82, 2.24) is 20.4 Å². The molecule has 0 amide bonds. The summed E-state index contributed by atoms with van der Waals surface area (Å²) in [7, 11) is 3.75. The van der Waals surface area contributed by atoms with E-state index in [4.69, 9.17) is 4.74 Å². The predicted octanol–water partition coefficient (Wildman–Crippen LogP) is 3.45. The van der Waals surface area contributed by atoms with Crippen molar-refractivity contribution in [3.8, 4) is 0 Å². The Morgan fingerprint density at radius 1 is 1.15 bits per heavy atom. The molecule has 6 nitrogen and oxygen atoms in total. The Labute approximate surface area is 179 Å². The maximum Gasteiger partial charge on any atom is 0.191 e. The van der Waals surface area contributed by atoms with Gasteiger partial charge in [-0.15, -0.1) is 24.0 Å². The van der Waals surface area contributed by atoms with Gasteiger partial charge in [0, 0.05) is 45.0 Å². The third kappa shape index (κ3) is 6.80. The number of ether oxygens (including phenoxy) is 1. The second-order valence-electron chi connectivity index (χ2n) is 6.37. The maximum absolute atomic E-state index is 5.69. The molecule has 2 aromatic rings. The second kappa shape index (κ2) is 12.0. The van der Waals surface area contributed by atoms with Crippen molar-refractivity contribution >= 4 is 29.9 Å². The summed E-state index contributed by atoms with van der Waals surface area (Å²) in [5.74, 6) is 0.775. The summed E-state index contributed by atoms with van der Waals surface area (Å²) in [6.45, 7) is 9.07. The van der Waals surface area contributed by atoms with E-state index >= 15 is 0 Å². The molecule has 150 valence electrons. The lowest BCUT2D eigenvalue weighted by Crippen LogP contribution is -2.36. The Kier molecular flexibility index (Phi) is 10.4. The summed E-state index contributed by atoms with van der Waals surface area (Å²) >= 11 is 0. The van der Waals surface area contributed by atoms with Gasteiger partial charge in [0.05, 0.1) is 12.3 Å². The van der Waals surface area contributed by atoms with E-state index in [1.54, 1.807) is 7.05 Å².